The number of carbonyl (C=O) groups excluding carboxylic acids is 1. The molecule has 1 amide bonds. The Kier molecular flexibility index (Phi) is 5.39. The summed E-state index contributed by atoms with van der Waals surface area (Å²) in [5.74, 6) is -1.43. The molecule has 0 radical (unpaired) electrons. The number of carbonyl (C=O) groups is 1. The first-order valence-electron chi connectivity index (χ1n) is 6.02. The molecule has 20 heavy (non-hydrogen) atoms. The van der Waals surface area contributed by atoms with E-state index in [9.17, 15) is 19.3 Å². The van der Waals surface area contributed by atoms with Crippen LogP contribution in [0.1, 0.15) is 17.3 Å². The summed E-state index contributed by atoms with van der Waals surface area (Å²) in [5.41, 5.74) is -0.807. The lowest BCUT2D eigenvalue weighted by Crippen LogP contribution is -2.33. The number of likely N-dealkylation sites (N-methyl/N-ethyl adjacent to an activating group) is 1. The first-order chi connectivity index (χ1) is 9.46. The van der Waals surface area contributed by atoms with Crippen LogP contribution in [0.15, 0.2) is 12.1 Å². The van der Waals surface area contributed by atoms with E-state index in [-0.39, 0.29) is 30.9 Å². The molecular weight excluding hydrogens is 269 g/mol. The van der Waals surface area contributed by atoms with Gasteiger partial charge in [-0.15, -0.1) is 0 Å². The van der Waals surface area contributed by atoms with Gasteiger partial charge in [-0.25, -0.2) is 4.39 Å². The van der Waals surface area contributed by atoms with E-state index in [4.69, 9.17) is 5.11 Å². The van der Waals surface area contributed by atoms with E-state index in [0.29, 0.717) is 6.07 Å². The maximum absolute atomic E-state index is 13.6. The lowest BCUT2D eigenvalue weighted by molar-refractivity contribution is -0.385. The van der Waals surface area contributed by atoms with E-state index in [0.717, 1.165) is 6.07 Å². The number of nitro groups is 1. The molecule has 7 nitrogen and oxygen atoms in total. The first kappa shape index (κ1) is 15.8. The van der Waals surface area contributed by atoms with Crippen LogP contribution in [0.4, 0.5) is 15.8 Å². The molecule has 0 heterocycles. The number of benzene rings is 1. The fraction of sp³-hybridized carbons (Fsp3) is 0.417. The summed E-state index contributed by atoms with van der Waals surface area (Å²) in [6, 6.07) is 1.82. The molecule has 0 bridgehead atoms. The molecule has 2 N–H and O–H groups in total. The van der Waals surface area contributed by atoms with Crippen molar-refractivity contribution in [3.63, 3.8) is 0 Å². The minimum Gasteiger partial charge on any atom is -0.395 e. The predicted molar refractivity (Wildman–Crippen MR) is 71.3 cm³/mol. The second kappa shape index (κ2) is 6.80. The van der Waals surface area contributed by atoms with Gasteiger partial charge in [-0.2, -0.15) is 0 Å². The Labute approximate surface area is 115 Å². The molecule has 1 rings (SSSR count). The Bertz CT molecular complexity index is 522. The first-order valence-corrected chi connectivity index (χ1v) is 6.02. The standard InChI is InChI=1S/C12H16FN3O4/c1-3-15(4-5-17)12(18)8-6-10(14-2)9(13)7-11(8)16(19)20/h6-7,14,17H,3-5H2,1-2H3. The van der Waals surface area contributed by atoms with Crippen LogP contribution in [-0.2, 0) is 0 Å². The second-order valence-electron chi connectivity index (χ2n) is 3.96. The van der Waals surface area contributed by atoms with Gasteiger partial charge in [0, 0.05) is 20.1 Å². The van der Waals surface area contributed by atoms with E-state index < -0.39 is 22.3 Å². The summed E-state index contributed by atoms with van der Waals surface area (Å²) >= 11 is 0. The number of nitro benzene ring substituents is 1. The van der Waals surface area contributed by atoms with Gasteiger partial charge in [-0.3, -0.25) is 14.9 Å². The quantitative estimate of drug-likeness (QED) is 0.605. The number of nitrogens with zero attached hydrogens (tertiary/aromatic N) is 2. The van der Waals surface area contributed by atoms with Crippen molar-refractivity contribution in [1.29, 1.82) is 0 Å². The van der Waals surface area contributed by atoms with Crippen LogP contribution in [0, 0.1) is 15.9 Å². The van der Waals surface area contributed by atoms with Crippen molar-refractivity contribution < 1.29 is 19.2 Å². The topological polar surface area (TPSA) is 95.7 Å². The lowest BCUT2D eigenvalue weighted by Gasteiger charge is -2.20. The number of anilines is 1. The van der Waals surface area contributed by atoms with Gasteiger partial charge in [-0.05, 0) is 13.0 Å². The Balaban J connectivity index is 3.33. The number of rotatable bonds is 6. The molecule has 0 spiro atoms. The van der Waals surface area contributed by atoms with Gasteiger partial charge >= 0.3 is 0 Å². The molecule has 0 unspecified atom stereocenters. The van der Waals surface area contributed by atoms with Gasteiger partial charge in [0.25, 0.3) is 11.6 Å². The molecular formula is C12H16FN3O4. The highest BCUT2D eigenvalue weighted by Crippen LogP contribution is 2.27. The van der Waals surface area contributed by atoms with Crippen LogP contribution in [0.5, 0.6) is 0 Å². The highest BCUT2D eigenvalue weighted by atomic mass is 19.1. The van der Waals surface area contributed by atoms with E-state index in [1.54, 1.807) is 6.92 Å². The van der Waals surface area contributed by atoms with Gasteiger partial charge < -0.3 is 15.3 Å². The SMILES string of the molecule is CCN(CCO)C(=O)c1cc(NC)c(F)cc1[N+](=O)[O-]. The van der Waals surface area contributed by atoms with Crippen molar-refractivity contribution in [2.45, 2.75) is 6.92 Å². The predicted octanol–water partition coefficient (Wildman–Crippen LogP) is 1.23. The molecule has 1 aromatic rings. The number of aliphatic hydroxyl groups excluding tert-OH is 1. The average molecular weight is 285 g/mol. The average Bonchev–Trinajstić information content (AvgIpc) is 2.43. The minimum absolute atomic E-state index is 0.000925. The summed E-state index contributed by atoms with van der Waals surface area (Å²) in [7, 11) is 1.45. The zero-order valence-electron chi connectivity index (χ0n) is 11.2. The van der Waals surface area contributed by atoms with Gasteiger partial charge in [0.2, 0.25) is 0 Å². The van der Waals surface area contributed by atoms with Crippen molar-refractivity contribution in [1.82, 2.24) is 4.90 Å². The van der Waals surface area contributed by atoms with Crippen LogP contribution in [-0.4, -0.2) is 47.6 Å². The smallest absolute Gasteiger partial charge is 0.285 e. The number of hydrogen-bond donors (Lipinski definition) is 2. The fourth-order valence-corrected chi connectivity index (χ4v) is 1.77. The summed E-state index contributed by atoms with van der Waals surface area (Å²) < 4.78 is 13.6. The Morgan fingerprint density at radius 2 is 2.20 bits per heavy atom. The van der Waals surface area contributed by atoms with E-state index in [2.05, 4.69) is 5.32 Å². The third-order valence-electron chi connectivity index (χ3n) is 2.82. The number of hydrogen-bond acceptors (Lipinski definition) is 5. The van der Waals surface area contributed by atoms with Gasteiger partial charge in [-0.1, -0.05) is 0 Å². The second-order valence-corrected chi connectivity index (χ2v) is 3.96. The molecule has 0 fully saturated rings. The largest absolute Gasteiger partial charge is 0.395 e. The summed E-state index contributed by atoms with van der Waals surface area (Å²) in [4.78, 5) is 23.6. The molecule has 0 aromatic heterocycles. The third kappa shape index (κ3) is 3.21. The maximum atomic E-state index is 13.6. The summed E-state index contributed by atoms with van der Waals surface area (Å²) in [6.07, 6.45) is 0. The van der Waals surface area contributed by atoms with Crippen LogP contribution >= 0.6 is 0 Å². The van der Waals surface area contributed by atoms with E-state index >= 15 is 0 Å². The summed E-state index contributed by atoms with van der Waals surface area (Å²) in [5, 5.41) is 22.4. The highest BCUT2D eigenvalue weighted by molar-refractivity contribution is 5.99. The molecule has 0 aliphatic rings. The van der Waals surface area contributed by atoms with E-state index in [1.807, 2.05) is 0 Å². The minimum atomic E-state index is -0.805. The van der Waals surface area contributed by atoms with Crippen LogP contribution in [0.3, 0.4) is 0 Å². The maximum Gasteiger partial charge on any atom is 0.285 e. The number of amides is 1. The Morgan fingerprint density at radius 1 is 1.55 bits per heavy atom. The molecule has 0 aliphatic carbocycles. The molecule has 0 saturated heterocycles. The zero-order chi connectivity index (χ0) is 15.3. The van der Waals surface area contributed by atoms with Gasteiger partial charge in [0.15, 0.2) is 5.82 Å². The van der Waals surface area contributed by atoms with Crippen molar-refractivity contribution >= 4 is 17.3 Å². The normalized spacial score (nSPS) is 10.2. The van der Waals surface area contributed by atoms with Gasteiger partial charge in [0.05, 0.1) is 23.3 Å². The number of nitrogens with one attached hydrogen (secondary N) is 1. The van der Waals surface area contributed by atoms with Crippen molar-refractivity contribution in [2.75, 3.05) is 32.1 Å². The zero-order valence-corrected chi connectivity index (χ0v) is 11.2. The Morgan fingerprint density at radius 3 is 2.65 bits per heavy atom. The highest BCUT2D eigenvalue weighted by Gasteiger charge is 2.26. The van der Waals surface area contributed by atoms with Crippen LogP contribution in [0.25, 0.3) is 0 Å². The van der Waals surface area contributed by atoms with Crippen LogP contribution in [0.2, 0.25) is 0 Å². The summed E-state index contributed by atoms with van der Waals surface area (Å²) in [6.45, 7) is 1.76. The molecule has 0 saturated carbocycles. The number of aliphatic hydroxyl groups is 1. The lowest BCUT2D eigenvalue weighted by atomic mass is 10.1. The van der Waals surface area contributed by atoms with Crippen LogP contribution < -0.4 is 5.32 Å². The molecule has 0 aliphatic heterocycles. The fourth-order valence-electron chi connectivity index (χ4n) is 1.77. The Hall–Kier alpha value is -2.22. The van der Waals surface area contributed by atoms with Crippen molar-refractivity contribution in [2.24, 2.45) is 0 Å². The van der Waals surface area contributed by atoms with E-state index in [1.165, 1.54) is 11.9 Å². The monoisotopic (exact) mass is 285 g/mol. The molecule has 1 aromatic carbocycles. The molecule has 8 heteroatoms. The van der Waals surface area contributed by atoms with Crippen molar-refractivity contribution in [3.05, 3.63) is 33.6 Å². The molecule has 110 valence electrons. The molecule has 0 atom stereocenters. The van der Waals surface area contributed by atoms with Gasteiger partial charge in [0.1, 0.15) is 5.56 Å². The van der Waals surface area contributed by atoms with Crippen molar-refractivity contribution in [3.8, 4) is 0 Å². The third-order valence-corrected chi connectivity index (χ3v) is 2.82. The number of halogens is 1.